The van der Waals surface area contributed by atoms with Gasteiger partial charge in [-0.25, -0.2) is 8.78 Å². The predicted molar refractivity (Wildman–Crippen MR) is 137 cm³/mol. The summed E-state index contributed by atoms with van der Waals surface area (Å²) in [5.41, 5.74) is 1.80. The van der Waals surface area contributed by atoms with Gasteiger partial charge in [0, 0.05) is 37.9 Å². The predicted octanol–water partition coefficient (Wildman–Crippen LogP) is 4.23. The highest BCUT2D eigenvalue weighted by atomic mass is 19.1. The topological polar surface area (TPSA) is 79.8 Å². The number of aliphatic hydroxyl groups is 1. The smallest absolute Gasteiger partial charge is 0.217 e. The van der Waals surface area contributed by atoms with Crippen molar-refractivity contribution in [2.45, 2.75) is 77.2 Å². The van der Waals surface area contributed by atoms with Crippen molar-refractivity contribution in [1.29, 1.82) is 0 Å². The van der Waals surface area contributed by atoms with E-state index < -0.39 is 17.7 Å². The molecular weight excluding hydrogens is 478 g/mol. The molecule has 0 aromatic heterocycles. The molecule has 37 heavy (non-hydrogen) atoms. The minimum Gasteiger partial charge on any atom is -0.481 e. The SMILES string of the molecule is CC(=O)N[C@@H](Cc1ccc(F)cc1)[C@H](O)CN[C@H]1C[C@@]2(CCOC2)Oc2c(F)cc(CC(C)(C)C)cc21. The largest absolute Gasteiger partial charge is 0.481 e. The lowest BCUT2D eigenvalue weighted by Crippen LogP contribution is -2.50. The Morgan fingerprint density at radius 2 is 1.92 bits per heavy atom. The van der Waals surface area contributed by atoms with Crippen LogP contribution in [0.25, 0.3) is 0 Å². The first-order valence-corrected chi connectivity index (χ1v) is 13.0. The monoisotopic (exact) mass is 516 g/mol. The van der Waals surface area contributed by atoms with Gasteiger partial charge in [-0.2, -0.15) is 0 Å². The molecule has 202 valence electrons. The van der Waals surface area contributed by atoms with Gasteiger partial charge in [-0.3, -0.25) is 4.79 Å². The van der Waals surface area contributed by atoms with Crippen molar-refractivity contribution in [1.82, 2.24) is 10.6 Å². The van der Waals surface area contributed by atoms with Crippen molar-refractivity contribution in [3.8, 4) is 5.75 Å². The number of amides is 1. The fraction of sp³-hybridized carbons (Fsp3) is 0.552. The number of benzene rings is 2. The van der Waals surface area contributed by atoms with Crippen LogP contribution in [0.3, 0.4) is 0 Å². The summed E-state index contributed by atoms with van der Waals surface area (Å²) in [4.78, 5) is 11.9. The Morgan fingerprint density at radius 3 is 2.54 bits per heavy atom. The molecule has 0 saturated carbocycles. The molecule has 2 aromatic carbocycles. The van der Waals surface area contributed by atoms with Gasteiger partial charge in [0.1, 0.15) is 11.4 Å². The van der Waals surface area contributed by atoms with E-state index in [0.717, 1.165) is 16.7 Å². The average Bonchev–Trinajstić information content (AvgIpc) is 3.25. The van der Waals surface area contributed by atoms with Gasteiger partial charge in [0.15, 0.2) is 11.6 Å². The molecule has 1 fully saturated rings. The molecule has 3 N–H and O–H groups in total. The maximum Gasteiger partial charge on any atom is 0.217 e. The van der Waals surface area contributed by atoms with Crippen molar-refractivity contribution in [2.24, 2.45) is 5.41 Å². The van der Waals surface area contributed by atoms with Crippen LogP contribution in [0, 0.1) is 17.0 Å². The van der Waals surface area contributed by atoms with Gasteiger partial charge < -0.3 is 25.2 Å². The molecule has 8 heteroatoms. The fourth-order valence-electron chi connectivity index (χ4n) is 5.33. The van der Waals surface area contributed by atoms with Crippen molar-refractivity contribution in [2.75, 3.05) is 19.8 Å². The van der Waals surface area contributed by atoms with Crippen LogP contribution in [-0.4, -0.2) is 48.5 Å². The Kier molecular flexibility index (Phi) is 8.21. The molecule has 0 unspecified atom stereocenters. The highest BCUT2D eigenvalue weighted by molar-refractivity contribution is 5.73. The highest BCUT2D eigenvalue weighted by Crippen LogP contribution is 2.45. The van der Waals surface area contributed by atoms with E-state index in [1.807, 2.05) is 6.07 Å². The lowest BCUT2D eigenvalue weighted by molar-refractivity contribution is -0.120. The molecule has 2 heterocycles. The molecule has 6 nitrogen and oxygen atoms in total. The number of hydrogen-bond acceptors (Lipinski definition) is 5. The van der Waals surface area contributed by atoms with E-state index in [9.17, 15) is 14.3 Å². The molecule has 4 atom stereocenters. The molecule has 0 bridgehead atoms. The second-order valence-electron chi connectivity index (χ2n) is 11.7. The van der Waals surface area contributed by atoms with Crippen molar-refractivity contribution in [3.63, 3.8) is 0 Å². The van der Waals surface area contributed by atoms with Crippen LogP contribution in [0.15, 0.2) is 36.4 Å². The van der Waals surface area contributed by atoms with Crippen LogP contribution < -0.4 is 15.4 Å². The summed E-state index contributed by atoms with van der Waals surface area (Å²) in [5.74, 6) is -0.754. The normalized spacial score (nSPS) is 22.8. The lowest BCUT2D eigenvalue weighted by Gasteiger charge is -2.40. The fourth-order valence-corrected chi connectivity index (χ4v) is 5.33. The van der Waals surface area contributed by atoms with E-state index in [-0.39, 0.29) is 41.3 Å². The number of ether oxygens (including phenoxy) is 2. The molecule has 2 aliphatic heterocycles. The summed E-state index contributed by atoms with van der Waals surface area (Å²) < 4.78 is 40.5. The number of carbonyl (C=O) groups is 1. The van der Waals surface area contributed by atoms with E-state index in [2.05, 4.69) is 31.4 Å². The standard InChI is InChI=1S/C29H38F2N2O4/c1-18(34)33-24(13-19-5-7-21(30)8-6-19)26(35)16-32-25-15-29(9-10-36-17-29)37-27-22(25)11-20(12-23(27)31)14-28(2,3)4/h5-8,11-12,24-26,32,35H,9-10,13-17H2,1-4H3,(H,33,34)/t24-,25-,26+,29+/m0/s1. The van der Waals surface area contributed by atoms with Crippen LogP contribution in [-0.2, 0) is 22.4 Å². The first kappa shape index (κ1) is 27.5. The number of aliphatic hydroxyl groups excluding tert-OH is 1. The highest BCUT2D eigenvalue weighted by Gasteiger charge is 2.45. The summed E-state index contributed by atoms with van der Waals surface area (Å²) in [6, 6.07) is 8.71. The molecular formula is C29H38F2N2O4. The molecule has 0 radical (unpaired) electrons. The molecule has 0 aliphatic carbocycles. The van der Waals surface area contributed by atoms with Crippen LogP contribution >= 0.6 is 0 Å². The van der Waals surface area contributed by atoms with Crippen molar-refractivity contribution < 1.29 is 28.2 Å². The maximum atomic E-state index is 15.3. The van der Waals surface area contributed by atoms with E-state index in [4.69, 9.17) is 9.47 Å². The quantitative estimate of drug-likeness (QED) is 0.489. The Morgan fingerprint density at radius 1 is 1.19 bits per heavy atom. The number of nitrogens with one attached hydrogen (secondary N) is 2. The summed E-state index contributed by atoms with van der Waals surface area (Å²) in [5, 5.41) is 17.3. The third-order valence-corrected chi connectivity index (χ3v) is 7.00. The van der Waals surface area contributed by atoms with Gasteiger partial charge >= 0.3 is 0 Å². The number of rotatable bonds is 8. The van der Waals surface area contributed by atoms with Gasteiger partial charge in [0.25, 0.3) is 0 Å². The number of fused-ring (bicyclic) bond motifs is 1. The van der Waals surface area contributed by atoms with Crippen LogP contribution in [0.1, 0.15) is 63.3 Å². The summed E-state index contributed by atoms with van der Waals surface area (Å²) in [6.07, 6.45) is 1.36. The van der Waals surface area contributed by atoms with Gasteiger partial charge in [-0.15, -0.1) is 0 Å². The Bertz CT molecular complexity index is 1090. The van der Waals surface area contributed by atoms with Crippen LogP contribution in [0.5, 0.6) is 5.75 Å². The Labute approximate surface area is 217 Å². The van der Waals surface area contributed by atoms with E-state index in [0.29, 0.717) is 38.9 Å². The Balaban J connectivity index is 1.55. The summed E-state index contributed by atoms with van der Waals surface area (Å²) in [7, 11) is 0. The summed E-state index contributed by atoms with van der Waals surface area (Å²) >= 11 is 0. The van der Waals surface area contributed by atoms with Gasteiger partial charge in [0.05, 0.1) is 25.4 Å². The van der Waals surface area contributed by atoms with Crippen molar-refractivity contribution >= 4 is 5.91 Å². The van der Waals surface area contributed by atoms with Crippen LogP contribution in [0.4, 0.5) is 8.78 Å². The number of hydrogen-bond donors (Lipinski definition) is 3. The second kappa shape index (κ2) is 11.1. The van der Waals surface area contributed by atoms with E-state index >= 15 is 4.39 Å². The van der Waals surface area contributed by atoms with Gasteiger partial charge in [0.2, 0.25) is 5.91 Å². The Hall–Kier alpha value is -2.55. The number of carbonyl (C=O) groups excluding carboxylic acids is 1. The minimum absolute atomic E-state index is 0.0121. The number of halogens is 2. The van der Waals surface area contributed by atoms with Crippen molar-refractivity contribution in [3.05, 3.63) is 64.7 Å². The molecule has 4 rings (SSSR count). The zero-order valence-electron chi connectivity index (χ0n) is 22.1. The second-order valence-corrected chi connectivity index (χ2v) is 11.7. The maximum absolute atomic E-state index is 15.3. The molecule has 1 amide bonds. The van der Waals surface area contributed by atoms with Crippen LogP contribution in [0.2, 0.25) is 0 Å². The molecule has 1 spiro atoms. The first-order valence-electron chi connectivity index (χ1n) is 13.0. The first-order chi connectivity index (χ1) is 17.4. The zero-order chi connectivity index (χ0) is 26.8. The van der Waals surface area contributed by atoms with E-state index in [1.54, 1.807) is 18.2 Å². The summed E-state index contributed by atoms with van der Waals surface area (Å²) in [6.45, 7) is 8.84. The minimum atomic E-state index is -0.932. The zero-order valence-corrected chi connectivity index (χ0v) is 22.1. The molecule has 2 aliphatic rings. The van der Waals surface area contributed by atoms with Gasteiger partial charge in [-0.05, 0) is 47.6 Å². The third-order valence-electron chi connectivity index (χ3n) is 7.00. The van der Waals surface area contributed by atoms with Gasteiger partial charge in [-0.1, -0.05) is 39.0 Å². The molecule has 2 aromatic rings. The van der Waals surface area contributed by atoms with E-state index in [1.165, 1.54) is 19.1 Å². The third kappa shape index (κ3) is 7.06. The average molecular weight is 517 g/mol. The lowest BCUT2D eigenvalue weighted by atomic mass is 9.83. The molecule has 1 saturated heterocycles.